The third-order valence-electron chi connectivity index (χ3n) is 2.67. The molecule has 25 heavy (non-hydrogen) atoms. The molecule has 0 aliphatic rings. The Kier molecular flexibility index (Phi) is 5.78. The molecule has 138 valence electrons. The van der Waals surface area contributed by atoms with E-state index in [4.69, 9.17) is 9.47 Å². The number of aryl methyl sites for hydroxylation is 1. The van der Waals surface area contributed by atoms with Crippen LogP contribution in [0.25, 0.3) is 0 Å². The summed E-state index contributed by atoms with van der Waals surface area (Å²) in [5.74, 6) is -1.46. The van der Waals surface area contributed by atoms with Crippen LogP contribution in [0.15, 0.2) is 12.1 Å². The molecule has 2 amide bonds. The maximum Gasteiger partial charge on any atom is 0.425 e. The van der Waals surface area contributed by atoms with Gasteiger partial charge in [0, 0.05) is 0 Å². The van der Waals surface area contributed by atoms with Crippen molar-refractivity contribution in [3.8, 4) is 0 Å². The van der Waals surface area contributed by atoms with Crippen LogP contribution >= 0.6 is 0 Å². The second kappa shape index (κ2) is 7.08. The molecule has 0 bridgehead atoms. The molecule has 8 heteroatoms. The van der Waals surface area contributed by atoms with Gasteiger partial charge < -0.3 is 14.6 Å². The number of anilines is 1. The quantitative estimate of drug-likeness (QED) is 0.863. The van der Waals surface area contributed by atoms with Crippen molar-refractivity contribution in [3.63, 3.8) is 0 Å². The number of pyridine rings is 1. The second-order valence-corrected chi connectivity index (χ2v) is 7.44. The summed E-state index contributed by atoms with van der Waals surface area (Å²) >= 11 is 0. The molecular formula is C17H24N2O6. The number of rotatable bonds is 2. The first kappa shape index (κ1) is 20.4. The summed E-state index contributed by atoms with van der Waals surface area (Å²) in [5.41, 5.74) is -1.60. The third-order valence-corrected chi connectivity index (χ3v) is 2.67. The Labute approximate surface area is 146 Å². The molecule has 0 atom stereocenters. The minimum Gasteiger partial charge on any atom is -0.477 e. The molecule has 1 rings (SSSR count). The third kappa shape index (κ3) is 6.06. The van der Waals surface area contributed by atoms with E-state index < -0.39 is 29.4 Å². The number of carboxylic acid groups (broad SMARTS) is 1. The van der Waals surface area contributed by atoms with Gasteiger partial charge in [0.25, 0.3) is 0 Å². The molecule has 0 aromatic carbocycles. The first-order chi connectivity index (χ1) is 11.2. The lowest BCUT2D eigenvalue weighted by Gasteiger charge is -2.28. The highest BCUT2D eigenvalue weighted by Crippen LogP contribution is 2.21. The highest BCUT2D eigenvalue weighted by Gasteiger charge is 2.34. The average Bonchev–Trinajstić information content (AvgIpc) is 2.36. The van der Waals surface area contributed by atoms with Crippen molar-refractivity contribution in [1.29, 1.82) is 0 Å². The number of imide groups is 1. The van der Waals surface area contributed by atoms with Crippen molar-refractivity contribution in [2.24, 2.45) is 0 Å². The van der Waals surface area contributed by atoms with E-state index in [9.17, 15) is 19.5 Å². The summed E-state index contributed by atoms with van der Waals surface area (Å²) < 4.78 is 10.4. The van der Waals surface area contributed by atoms with Gasteiger partial charge in [-0.3, -0.25) is 0 Å². The number of aromatic nitrogens is 1. The van der Waals surface area contributed by atoms with Crippen molar-refractivity contribution in [3.05, 3.63) is 23.4 Å². The van der Waals surface area contributed by atoms with Crippen LogP contribution in [0.5, 0.6) is 0 Å². The Balaban J connectivity index is 3.36. The predicted molar refractivity (Wildman–Crippen MR) is 90.9 cm³/mol. The average molecular weight is 352 g/mol. The van der Waals surface area contributed by atoms with E-state index in [1.807, 2.05) is 0 Å². The van der Waals surface area contributed by atoms with Crippen LogP contribution in [0, 0.1) is 6.92 Å². The van der Waals surface area contributed by atoms with E-state index in [1.54, 1.807) is 48.5 Å². The zero-order valence-corrected chi connectivity index (χ0v) is 15.5. The lowest BCUT2D eigenvalue weighted by atomic mass is 10.2. The highest BCUT2D eigenvalue weighted by molar-refractivity contribution is 6.09. The van der Waals surface area contributed by atoms with Gasteiger partial charge in [-0.1, -0.05) is 6.07 Å². The number of hydrogen-bond donors (Lipinski definition) is 1. The van der Waals surface area contributed by atoms with Gasteiger partial charge in [0.05, 0.1) is 0 Å². The Morgan fingerprint density at radius 1 is 0.960 bits per heavy atom. The van der Waals surface area contributed by atoms with E-state index in [2.05, 4.69) is 4.98 Å². The number of nitrogens with zero attached hydrogens (tertiary/aromatic N) is 2. The van der Waals surface area contributed by atoms with Crippen LogP contribution < -0.4 is 4.90 Å². The van der Waals surface area contributed by atoms with Crippen molar-refractivity contribution in [1.82, 2.24) is 4.98 Å². The monoisotopic (exact) mass is 352 g/mol. The van der Waals surface area contributed by atoms with E-state index >= 15 is 0 Å². The fraction of sp³-hybridized carbons (Fsp3) is 0.529. The zero-order chi connectivity index (χ0) is 19.6. The molecule has 1 aromatic heterocycles. The molecule has 0 aliphatic heterocycles. The fourth-order valence-electron chi connectivity index (χ4n) is 1.74. The van der Waals surface area contributed by atoms with Crippen LogP contribution in [0.4, 0.5) is 15.4 Å². The van der Waals surface area contributed by atoms with Gasteiger partial charge >= 0.3 is 18.2 Å². The fourth-order valence-corrected chi connectivity index (χ4v) is 1.74. The number of carboxylic acids is 1. The van der Waals surface area contributed by atoms with Crippen LogP contribution in [0.3, 0.4) is 0 Å². The van der Waals surface area contributed by atoms with Gasteiger partial charge in [-0.25, -0.2) is 19.4 Å². The van der Waals surface area contributed by atoms with Crippen LogP contribution in [0.2, 0.25) is 0 Å². The Morgan fingerprint density at radius 3 is 1.76 bits per heavy atom. The summed E-state index contributed by atoms with van der Waals surface area (Å²) in [6.07, 6.45) is -2.01. The molecule has 0 saturated heterocycles. The lowest BCUT2D eigenvalue weighted by molar-refractivity contribution is 0.0427. The number of carbonyl (C=O) groups excluding carboxylic acids is 2. The van der Waals surface area contributed by atoms with E-state index in [1.165, 1.54) is 12.1 Å². The molecule has 8 nitrogen and oxygen atoms in total. The van der Waals surface area contributed by atoms with Crippen molar-refractivity contribution in [2.75, 3.05) is 4.90 Å². The SMILES string of the molecule is Cc1ccc(N(C(=O)OC(C)(C)C)C(=O)OC(C)(C)C)nc1C(=O)O. The first-order valence-corrected chi connectivity index (χ1v) is 7.68. The number of hydrogen-bond acceptors (Lipinski definition) is 6. The van der Waals surface area contributed by atoms with Gasteiger partial charge in [0.15, 0.2) is 5.69 Å². The minimum atomic E-state index is -1.27. The predicted octanol–water partition coefficient (Wildman–Crippen LogP) is 3.76. The van der Waals surface area contributed by atoms with Crippen molar-refractivity contribution >= 4 is 24.0 Å². The molecular weight excluding hydrogens is 328 g/mol. The van der Waals surface area contributed by atoms with Gasteiger partial charge in [-0.15, -0.1) is 0 Å². The summed E-state index contributed by atoms with van der Waals surface area (Å²) in [6, 6.07) is 2.81. The molecule has 1 heterocycles. The molecule has 0 radical (unpaired) electrons. The van der Waals surface area contributed by atoms with Gasteiger partial charge in [-0.2, -0.15) is 4.90 Å². The summed E-state index contributed by atoms with van der Waals surface area (Å²) in [6.45, 7) is 11.4. The van der Waals surface area contributed by atoms with Crippen molar-refractivity contribution < 1.29 is 29.0 Å². The van der Waals surface area contributed by atoms with Gasteiger partial charge in [0.2, 0.25) is 0 Å². The smallest absolute Gasteiger partial charge is 0.425 e. The summed E-state index contributed by atoms with van der Waals surface area (Å²) in [5, 5.41) is 9.21. The van der Waals surface area contributed by atoms with Crippen molar-refractivity contribution in [2.45, 2.75) is 59.7 Å². The number of carbonyl (C=O) groups is 3. The van der Waals surface area contributed by atoms with Crippen LogP contribution in [0.1, 0.15) is 57.6 Å². The largest absolute Gasteiger partial charge is 0.477 e. The first-order valence-electron chi connectivity index (χ1n) is 7.68. The molecule has 0 spiro atoms. The normalized spacial score (nSPS) is 11.6. The number of amides is 2. The molecule has 1 N–H and O–H groups in total. The maximum absolute atomic E-state index is 12.5. The molecule has 1 aromatic rings. The van der Waals surface area contributed by atoms with E-state index in [0.29, 0.717) is 10.5 Å². The lowest BCUT2D eigenvalue weighted by Crippen LogP contribution is -2.44. The molecule has 0 aliphatic carbocycles. The standard InChI is InChI=1S/C17H24N2O6/c1-10-8-9-11(18-12(10)13(20)21)19(14(22)24-16(2,3)4)15(23)25-17(5,6)7/h8-9H,1-7H3,(H,20,21). The zero-order valence-electron chi connectivity index (χ0n) is 15.5. The van der Waals surface area contributed by atoms with E-state index in [-0.39, 0.29) is 11.5 Å². The summed E-state index contributed by atoms with van der Waals surface area (Å²) in [4.78, 5) is 40.7. The summed E-state index contributed by atoms with van der Waals surface area (Å²) in [7, 11) is 0. The molecule has 0 fully saturated rings. The van der Waals surface area contributed by atoms with Gasteiger partial charge in [0.1, 0.15) is 17.0 Å². The minimum absolute atomic E-state index is 0.188. The number of aromatic carboxylic acids is 1. The Morgan fingerprint density at radius 2 is 1.40 bits per heavy atom. The molecule has 0 saturated carbocycles. The second-order valence-electron chi connectivity index (χ2n) is 7.44. The Bertz CT molecular complexity index is 657. The maximum atomic E-state index is 12.5. The van der Waals surface area contributed by atoms with E-state index in [0.717, 1.165) is 0 Å². The number of ether oxygens (including phenoxy) is 2. The Hall–Kier alpha value is -2.64. The van der Waals surface area contributed by atoms with Crippen LogP contribution in [-0.4, -0.2) is 39.4 Å². The topological polar surface area (TPSA) is 106 Å². The van der Waals surface area contributed by atoms with Crippen LogP contribution in [-0.2, 0) is 9.47 Å². The highest BCUT2D eigenvalue weighted by atomic mass is 16.6. The molecule has 0 unspecified atom stereocenters. The van der Waals surface area contributed by atoms with Gasteiger partial charge in [-0.05, 0) is 60.1 Å².